The van der Waals surface area contributed by atoms with E-state index in [1.165, 1.54) is 250 Å². The Labute approximate surface area is 619 Å². The second-order valence-corrected chi connectivity index (χ2v) is 30.9. The first-order chi connectivity index (χ1) is 49.0. The lowest BCUT2D eigenvalue weighted by molar-refractivity contribution is -0.870. The molecule has 0 N–H and O–H groups in total. The van der Waals surface area contributed by atoms with Crippen LogP contribution in [0, 0.1) is 0 Å². The number of ether oxygens (including phenoxy) is 2. The maximum absolute atomic E-state index is 12.9. The zero-order valence-electron chi connectivity index (χ0n) is 66.1. The molecule has 100 heavy (non-hydrogen) atoms. The minimum absolute atomic E-state index is 0.0347. The first-order valence-corrected chi connectivity index (χ1v) is 43.7. The highest BCUT2D eigenvalue weighted by Gasteiger charge is 2.22. The fourth-order valence-corrected chi connectivity index (χ4v) is 12.8. The van der Waals surface area contributed by atoms with Gasteiger partial charge in [-0.2, -0.15) is 0 Å². The Balaban J connectivity index is 3.94. The molecule has 0 rings (SSSR count). The van der Waals surface area contributed by atoms with Gasteiger partial charge in [0.1, 0.15) is 19.8 Å². The average molecular weight is 1420 g/mol. The van der Waals surface area contributed by atoms with Gasteiger partial charge in [-0.1, -0.05) is 386 Å². The Bertz CT molecular complexity index is 2110. The molecular weight excluding hydrogens is 1250 g/mol. The highest BCUT2D eigenvalue weighted by Crippen LogP contribution is 2.38. The van der Waals surface area contributed by atoms with Crippen LogP contribution in [0.15, 0.2) is 122 Å². The first-order valence-electron chi connectivity index (χ1n) is 42.2. The third kappa shape index (κ3) is 83.4. The number of nitrogens with zero attached hydrogens (tertiary/aromatic N) is 1. The van der Waals surface area contributed by atoms with E-state index in [4.69, 9.17) is 18.5 Å². The Kier molecular flexibility index (Phi) is 76.7. The standard InChI is InChI=1S/C90H160NO8P/c1-6-8-10-12-14-16-18-20-22-24-26-28-30-32-34-36-38-40-42-43-44-45-46-47-49-50-52-54-56-58-60-62-64-66-68-70-72-74-76-78-80-82-89(92)96-86-88(87-98-100(94,95)97-85-84-91(3,4)5)99-90(93)83-81-79-77-75-73-71-69-67-65-63-61-59-57-55-53-51-48-41-39-37-35-33-31-29-27-25-23-21-19-17-15-13-11-9-7-2/h9,11,15,17-18,20-21,23-24,26-27,29,33,35,39,41,51,53,57,59,88H,6-8,10,12-14,16,19,22,25,28,30-32,34,36-38,40,42-50,52,54-56,58,60-87H2,1-5H3/b11-9-,17-15-,20-18-,23-21-,26-24-,29-27-,35-33-,41-39-,53-51-,59-57-. The predicted octanol–water partition coefficient (Wildman–Crippen LogP) is 27.9. The van der Waals surface area contributed by atoms with Crippen molar-refractivity contribution in [3.05, 3.63) is 122 Å². The molecule has 0 aliphatic heterocycles. The van der Waals surface area contributed by atoms with Gasteiger partial charge in [0.15, 0.2) is 6.10 Å². The molecule has 2 atom stereocenters. The highest BCUT2D eigenvalue weighted by molar-refractivity contribution is 7.45. The van der Waals surface area contributed by atoms with Crippen molar-refractivity contribution in [2.24, 2.45) is 0 Å². The minimum atomic E-state index is -4.65. The second-order valence-electron chi connectivity index (χ2n) is 29.5. The quantitative estimate of drug-likeness (QED) is 0.0195. The zero-order chi connectivity index (χ0) is 72.5. The number of hydrogen-bond acceptors (Lipinski definition) is 8. The van der Waals surface area contributed by atoms with Crippen molar-refractivity contribution in [2.75, 3.05) is 47.5 Å². The van der Waals surface area contributed by atoms with Crippen LogP contribution < -0.4 is 4.89 Å². The Morgan fingerprint density at radius 2 is 0.570 bits per heavy atom. The van der Waals surface area contributed by atoms with Crippen molar-refractivity contribution in [1.82, 2.24) is 0 Å². The Hall–Kier alpha value is -3.59. The van der Waals surface area contributed by atoms with E-state index in [1.807, 2.05) is 21.1 Å². The molecule has 0 bridgehead atoms. The number of allylic oxidation sites excluding steroid dienone is 20. The SMILES string of the molecule is CC/C=C\C/C=C\C/C=C\C/C=C\C/C=C\C/C=C\C/C=C\C/C=C\CCCCCCCCCCCCC(=O)OC(COC(=O)CCCCCCCCCCCCCCCCCCCCCCCCCCCCCCC/C=C\C/C=C\CCCCCCC)COP(=O)([O-])OCC[N+](C)(C)C. The van der Waals surface area contributed by atoms with Crippen LogP contribution in [0.2, 0.25) is 0 Å². The smallest absolute Gasteiger partial charge is 0.306 e. The number of phosphoric ester groups is 1. The summed E-state index contributed by atoms with van der Waals surface area (Å²) in [5.74, 6) is -0.828. The number of esters is 2. The molecule has 0 heterocycles. The van der Waals surface area contributed by atoms with E-state index in [0.717, 1.165) is 103 Å². The monoisotopic (exact) mass is 1410 g/mol. The number of unbranched alkanes of at least 4 members (excludes halogenated alkanes) is 44. The molecule has 578 valence electrons. The summed E-state index contributed by atoms with van der Waals surface area (Å²) < 4.78 is 34.4. The molecular formula is C90H160NO8P. The summed E-state index contributed by atoms with van der Waals surface area (Å²) in [6.45, 7) is 4.15. The molecule has 2 unspecified atom stereocenters. The van der Waals surface area contributed by atoms with Gasteiger partial charge in [0.25, 0.3) is 7.82 Å². The van der Waals surface area contributed by atoms with Crippen LogP contribution in [0.4, 0.5) is 0 Å². The lowest BCUT2D eigenvalue weighted by Crippen LogP contribution is -2.37. The number of hydrogen-bond donors (Lipinski definition) is 0. The summed E-state index contributed by atoms with van der Waals surface area (Å²) in [5, 5.41) is 0. The van der Waals surface area contributed by atoms with Crippen molar-refractivity contribution in [1.29, 1.82) is 0 Å². The summed E-state index contributed by atoms with van der Waals surface area (Å²) in [4.78, 5) is 38.2. The number of likely N-dealkylation sites (N-methyl/N-ethyl adjacent to an activating group) is 1. The summed E-state index contributed by atoms with van der Waals surface area (Å²) in [7, 11) is 1.17. The molecule has 0 spiro atoms. The molecule has 0 radical (unpaired) electrons. The van der Waals surface area contributed by atoms with E-state index in [1.54, 1.807) is 0 Å². The van der Waals surface area contributed by atoms with Crippen molar-refractivity contribution in [3.63, 3.8) is 0 Å². The minimum Gasteiger partial charge on any atom is -0.756 e. The Morgan fingerprint density at radius 1 is 0.320 bits per heavy atom. The van der Waals surface area contributed by atoms with Crippen molar-refractivity contribution < 1.29 is 42.1 Å². The van der Waals surface area contributed by atoms with Crippen LogP contribution in [-0.4, -0.2) is 70.0 Å². The van der Waals surface area contributed by atoms with Gasteiger partial charge in [-0.05, 0) is 109 Å². The molecule has 0 aromatic heterocycles. The molecule has 0 aliphatic rings. The second kappa shape index (κ2) is 79.5. The van der Waals surface area contributed by atoms with E-state index in [0.29, 0.717) is 17.4 Å². The van der Waals surface area contributed by atoms with Gasteiger partial charge >= 0.3 is 11.9 Å². The van der Waals surface area contributed by atoms with Crippen molar-refractivity contribution in [3.8, 4) is 0 Å². The van der Waals surface area contributed by atoms with Crippen LogP contribution >= 0.6 is 7.82 Å². The van der Waals surface area contributed by atoms with Crippen molar-refractivity contribution in [2.45, 2.75) is 392 Å². The van der Waals surface area contributed by atoms with E-state index in [-0.39, 0.29) is 32.0 Å². The van der Waals surface area contributed by atoms with Crippen LogP contribution in [-0.2, 0) is 32.7 Å². The Morgan fingerprint density at radius 3 is 0.850 bits per heavy atom. The molecule has 0 fully saturated rings. The lowest BCUT2D eigenvalue weighted by atomic mass is 10.0. The normalized spacial score (nSPS) is 13.6. The van der Waals surface area contributed by atoms with E-state index >= 15 is 0 Å². The van der Waals surface area contributed by atoms with Gasteiger partial charge < -0.3 is 27.9 Å². The number of carbonyl (C=O) groups is 2. The predicted molar refractivity (Wildman–Crippen MR) is 434 cm³/mol. The average Bonchev–Trinajstić information content (AvgIpc) is 1.65. The molecule has 9 nitrogen and oxygen atoms in total. The van der Waals surface area contributed by atoms with Crippen LogP contribution in [0.1, 0.15) is 386 Å². The van der Waals surface area contributed by atoms with E-state index in [2.05, 4.69) is 135 Å². The topological polar surface area (TPSA) is 111 Å². The summed E-state index contributed by atoms with van der Waals surface area (Å²) in [6.07, 6.45) is 115. The van der Waals surface area contributed by atoms with Crippen LogP contribution in [0.3, 0.4) is 0 Å². The maximum Gasteiger partial charge on any atom is 0.306 e. The van der Waals surface area contributed by atoms with Gasteiger partial charge in [-0.3, -0.25) is 14.2 Å². The van der Waals surface area contributed by atoms with Gasteiger partial charge in [-0.15, -0.1) is 0 Å². The van der Waals surface area contributed by atoms with E-state index in [9.17, 15) is 19.0 Å². The largest absolute Gasteiger partial charge is 0.756 e. The number of carbonyl (C=O) groups excluding carboxylic acids is 2. The number of phosphoric acid groups is 1. The fourth-order valence-electron chi connectivity index (χ4n) is 12.1. The van der Waals surface area contributed by atoms with Crippen LogP contribution in [0.5, 0.6) is 0 Å². The third-order valence-electron chi connectivity index (χ3n) is 18.5. The van der Waals surface area contributed by atoms with Gasteiger partial charge in [0.05, 0.1) is 27.7 Å². The molecule has 0 saturated carbocycles. The fraction of sp³-hybridized carbons (Fsp3) is 0.756. The summed E-state index contributed by atoms with van der Waals surface area (Å²) >= 11 is 0. The van der Waals surface area contributed by atoms with Crippen LogP contribution in [0.25, 0.3) is 0 Å². The molecule has 0 saturated heterocycles. The van der Waals surface area contributed by atoms with Gasteiger partial charge in [0.2, 0.25) is 0 Å². The summed E-state index contributed by atoms with van der Waals surface area (Å²) in [6, 6.07) is 0. The number of rotatable bonds is 78. The van der Waals surface area contributed by atoms with Gasteiger partial charge in [-0.25, -0.2) is 0 Å². The third-order valence-corrected chi connectivity index (χ3v) is 19.4. The van der Waals surface area contributed by atoms with Gasteiger partial charge in [0, 0.05) is 12.8 Å². The molecule has 0 aromatic carbocycles. The van der Waals surface area contributed by atoms with E-state index < -0.39 is 26.5 Å². The molecule has 0 amide bonds. The number of quaternary nitrogens is 1. The molecule has 0 aromatic rings. The highest BCUT2D eigenvalue weighted by atomic mass is 31.2. The first kappa shape index (κ1) is 96.4. The molecule has 0 aliphatic carbocycles. The summed E-state index contributed by atoms with van der Waals surface area (Å²) in [5.41, 5.74) is 0. The zero-order valence-corrected chi connectivity index (χ0v) is 67.0. The lowest BCUT2D eigenvalue weighted by Gasteiger charge is -2.28. The molecule has 10 heteroatoms. The van der Waals surface area contributed by atoms with Crippen molar-refractivity contribution >= 4 is 19.8 Å². The maximum atomic E-state index is 12.9.